The lowest BCUT2D eigenvalue weighted by atomic mass is 10.0. The molecule has 2 fully saturated rings. The van der Waals surface area contributed by atoms with Gasteiger partial charge in [0.15, 0.2) is 11.9 Å². The van der Waals surface area contributed by atoms with E-state index in [9.17, 15) is 28.8 Å². The number of carbonyl (C=O) groups is 6. The molecule has 3 atom stereocenters. The molecule has 0 bridgehead atoms. The van der Waals surface area contributed by atoms with Crippen LogP contribution in [-0.4, -0.2) is 126 Å². The van der Waals surface area contributed by atoms with Gasteiger partial charge >= 0.3 is 5.97 Å². The van der Waals surface area contributed by atoms with E-state index in [1.165, 1.54) is 36.6 Å². The molecule has 2 aromatic rings. The molecule has 1 aromatic heterocycles. The zero-order valence-corrected chi connectivity index (χ0v) is 34.7. The van der Waals surface area contributed by atoms with E-state index in [0.29, 0.717) is 56.6 Å². The Hall–Kier alpha value is -4.77. The number of likely N-dealkylation sites (N-methyl/N-ethyl adjacent to an activating group) is 2. The van der Waals surface area contributed by atoms with Crippen LogP contribution in [0.4, 0.5) is 11.4 Å². The monoisotopic (exact) mass is 805 g/mol. The fourth-order valence-electron chi connectivity index (χ4n) is 7.05. The van der Waals surface area contributed by atoms with Crippen molar-refractivity contribution < 1.29 is 38.2 Å². The number of ether oxygens (including phenoxy) is 2. The standard InChI is InChI=1S/C41H55N7O8S/c1-8-47(9-2)19-16-42-38(52)36-24(3)32(43-25(36)4)22-30-29-21-28(13-14-31(29)45-37(30)51)44-34(50)15-20-55-41(54)27(6)56-26(5)33(49)23-35-46(7)39(53)40(57-35)48-17-11-10-12-18-48/h13-14,21-23,26-27,40,43H,8-12,15-20H2,1-7H3,(H,42,52)(H,44,50)(H,45,51)/b30-22-,35-23-. The summed E-state index contributed by atoms with van der Waals surface area (Å²) in [4.78, 5) is 86.6. The molecule has 16 heteroatoms. The summed E-state index contributed by atoms with van der Waals surface area (Å²) in [7, 11) is 1.65. The molecule has 57 heavy (non-hydrogen) atoms. The van der Waals surface area contributed by atoms with Gasteiger partial charge in [-0.05, 0) is 96.6 Å². The first-order chi connectivity index (χ1) is 27.2. The topological polar surface area (TPSA) is 182 Å². The van der Waals surface area contributed by atoms with E-state index in [-0.39, 0.29) is 41.9 Å². The van der Waals surface area contributed by atoms with Gasteiger partial charge in [0.2, 0.25) is 5.91 Å². The number of aryl methyl sites for hydroxylation is 1. The van der Waals surface area contributed by atoms with Crippen molar-refractivity contribution in [1.29, 1.82) is 0 Å². The number of anilines is 2. The largest absolute Gasteiger partial charge is 0.463 e. The predicted molar refractivity (Wildman–Crippen MR) is 220 cm³/mol. The van der Waals surface area contributed by atoms with Gasteiger partial charge in [-0.15, -0.1) is 0 Å². The van der Waals surface area contributed by atoms with Crippen molar-refractivity contribution in [3.63, 3.8) is 0 Å². The van der Waals surface area contributed by atoms with Crippen LogP contribution in [-0.2, 0) is 33.4 Å². The highest BCUT2D eigenvalue weighted by atomic mass is 32.2. The molecular formula is C41H55N7O8S. The van der Waals surface area contributed by atoms with Crippen molar-refractivity contribution in [1.82, 2.24) is 25.0 Å². The van der Waals surface area contributed by atoms with Crippen molar-refractivity contribution in [2.45, 2.75) is 84.8 Å². The van der Waals surface area contributed by atoms with E-state index in [1.807, 2.05) is 13.8 Å². The second-order valence-corrected chi connectivity index (χ2v) is 15.6. The number of nitrogens with zero attached hydrogens (tertiary/aromatic N) is 3. The first-order valence-corrected chi connectivity index (χ1v) is 20.5. The number of thioether (sulfide) groups is 1. The number of carbonyl (C=O) groups excluding carboxylic acids is 6. The molecule has 2 saturated heterocycles. The van der Waals surface area contributed by atoms with E-state index in [4.69, 9.17) is 9.47 Å². The molecule has 4 heterocycles. The van der Waals surface area contributed by atoms with Gasteiger partial charge in [-0.2, -0.15) is 0 Å². The van der Waals surface area contributed by atoms with Gasteiger partial charge in [0, 0.05) is 54.5 Å². The summed E-state index contributed by atoms with van der Waals surface area (Å²) >= 11 is 1.35. The molecule has 3 unspecified atom stereocenters. The second kappa shape index (κ2) is 19.6. The molecule has 4 amide bonds. The number of aromatic nitrogens is 1. The number of hydrogen-bond acceptors (Lipinski definition) is 11. The number of amides is 4. The number of nitrogens with one attached hydrogen (secondary N) is 4. The Kier molecular flexibility index (Phi) is 14.9. The minimum Gasteiger partial charge on any atom is -0.463 e. The van der Waals surface area contributed by atoms with Crippen molar-refractivity contribution in [3.05, 3.63) is 57.4 Å². The Morgan fingerprint density at radius 2 is 1.77 bits per heavy atom. The number of benzene rings is 1. The number of H-pyrrole nitrogens is 1. The molecule has 0 aliphatic carbocycles. The van der Waals surface area contributed by atoms with E-state index >= 15 is 0 Å². The first-order valence-electron chi connectivity index (χ1n) is 19.6. The lowest BCUT2D eigenvalue weighted by molar-refractivity contribution is -0.160. The van der Waals surface area contributed by atoms with Gasteiger partial charge in [-0.1, -0.05) is 32.0 Å². The molecule has 1 aromatic carbocycles. The third-order valence-corrected chi connectivity index (χ3v) is 11.8. The number of likely N-dealkylation sites (tertiary alicyclic amines) is 1. The number of piperidine rings is 1. The molecule has 3 aliphatic heterocycles. The summed E-state index contributed by atoms with van der Waals surface area (Å²) in [6, 6.07) is 5.03. The minimum atomic E-state index is -1.08. The molecule has 5 rings (SSSR count). The van der Waals surface area contributed by atoms with E-state index in [1.54, 1.807) is 31.3 Å². The molecule has 15 nitrogen and oxygen atoms in total. The smallest absolute Gasteiger partial charge is 0.335 e. The second-order valence-electron chi connectivity index (χ2n) is 14.5. The van der Waals surface area contributed by atoms with Crippen LogP contribution in [0.3, 0.4) is 0 Å². The van der Waals surface area contributed by atoms with Crippen LogP contribution < -0.4 is 16.0 Å². The average molecular weight is 806 g/mol. The van der Waals surface area contributed by atoms with Crippen molar-refractivity contribution in [3.8, 4) is 0 Å². The quantitative estimate of drug-likeness (QED) is 0.132. The number of hydrogen-bond donors (Lipinski definition) is 4. The van der Waals surface area contributed by atoms with Crippen LogP contribution in [0.25, 0.3) is 11.6 Å². The third-order valence-electron chi connectivity index (χ3n) is 10.5. The van der Waals surface area contributed by atoms with E-state index in [2.05, 4.69) is 44.6 Å². The minimum absolute atomic E-state index is 0.0585. The van der Waals surface area contributed by atoms with Crippen LogP contribution in [0.5, 0.6) is 0 Å². The van der Waals surface area contributed by atoms with E-state index in [0.717, 1.165) is 52.0 Å². The fraction of sp³-hybridized carbons (Fsp3) is 0.512. The SMILES string of the molecule is CCN(CC)CCNC(=O)c1c(C)[nH]c(/C=C2\C(=O)Nc3ccc(NC(=O)CCOC(=O)C(C)OC(C)C(=O)/C=C4\SC(N5CCCCC5)C(=O)N4C)cc32)c1C. The van der Waals surface area contributed by atoms with Crippen molar-refractivity contribution in [2.75, 3.05) is 63.6 Å². The predicted octanol–water partition coefficient (Wildman–Crippen LogP) is 4.29. The fourth-order valence-corrected chi connectivity index (χ4v) is 8.33. The van der Waals surface area contributed by atoms with Crippen LogP contribution in [0.2, 0.25) is 0 Å². The first kappa shape index (κ1) is 43.4. The maximum absolute atomic E-state index is 13.1. The Labute approximate surface area is 338 Å². The van der Waals surface area contributed by atoms with Crippen LogP contribution >= 0.6 is 11.8 Å². The zero-order valence-electron chi connectivity index (χ0n) is 33.9. The van der Waals surface area contributed by atoms with Crippen LogP contribution in [0, 0.1) is 13.8 Å². The lowest BCUT2D eigenvalue weighted by Gasteiger charge is -2.29. The van der Waals surface area contributed by atoms with Gasteiger partial charge in [-0.3, -0.25) is 28.9 Å². The zero-order chi connectivity index (χ0) is 41.4. The summed E-state index contributed by atoms with van der Waals surface area (Å²) in [6.45, 7) is 15.4. The van der Waals surface area contributed by atoms with Crippen LogP contribution in [0.1, 0.15) is 86.3 Å². The van der Waals surface area contributed by atoms with Crippen molar-refractivity contribution in [2.24, 2.45) is 0 Å². The maximum atomic E-state index is 13.1. The highest BCUT2D eigenvalue weighted by molar-refractivity contribution is 8.04. The number of ketones is 1. The molecular weight excluding hydrogens is 751 g/mol. The molecule has 0 radical (unpaired) electrons. The van der Waals surface area contributed by atoms with Gasteiger partial charge < -0.3 is 40.2 Å². The lowest BCUT2D eigenvalue weighted by Crippen LogP contribution is -2.42. The van der Waals surface area contributed by atoms with Crippen molar-refractivity contribution >= 4 is 70.2 Å². The van der Waals surface area contributed by atoms with Crippen LogP contribution in [0.15, 0.2) is 29.3 Å². The summed E-state index contributed by atoms with van der Waals surface area (Å²) in [5, 5.41) is 8.82. The molecule has 3 aliphatic rings. The summed E-state index contributed by atoms with van der Waals surface area (Å²) in [5.41, 5.74) is 4.54. The van der Waals surface area contributed by atoms with Gasteiger partial charge in [0.25, 0.3) is 17.7 Å². The van der Waals surface area contributed by atoms with Gasteiger partial charge in [0.1, 0.15) is 18.1 Å². The average Bonchev–Trinajstić information content (AvgIpc) is 3.77. The normalized spacial score (nSPS) is 19.5. The Morgan fingerprint density at radius 3 is 2.47 bits per heavy atom. The number of rotatable bonds is 17. The van der Waals surface area contributed by atoms with Gasteiger partial charge in [-0.25, -0.2) is 4.79 Å². The molecule has 0 spiro atoms. The number of fused-ring (bicyclic) bond motifs is 1. The maximum Gasteiger partial charge on any atom is 0.335 e. The van der Waals surface area contributed by atoms with E-state index < -0.39 is 24.1 Å². The summed E-state index contributed by atoms with van der Waals surface area (Å²) in [6.07, 6.45) is 4.13. The highest BCUT2D eigenvalue weighted by Gasteiger charge is 2.39. The Balaban J connectivity index is 1.11. The molecule has 4 N–H and O–H groups in total. The number of aromatic amines is 1. The Morgan fingerprint density at radius 1 is 1.05 bits per heavy atom. The summed E-state index contributed by atoms with van der Waals surface area (Å²) < 4.78 is 10.9. The molecule has 308 valence electrons. The number of esters is 1. The third kappa shape index (κ3) is 10.6. The Bertz CT molecular complexity index is 1930. The molecule has 0 saturated carbocycles. The van der Waals surface area contributed by atoms with Gasteiger partial charge in [0.05, 0.1) is 22.6 Å². The summed E-state index contributed by atoms with van der Waals surface area (Å²) in [5.74, 6) is -2.09. The highest BCUT2D eigenvalue weighted by Crippen LogP contribution is 2.38.